The van der Waals surface area contributed by atoms with Gasteiger partial charge in [-0.3, -0.25) is 4.79 Å². The van der Waals surface area contributed by atoms with Crippen molar-refractivity contribution < 1.29 is 19.1 Å². The van der Waals surface area contributed by atoms with Gasteiger partial charge in [0, 0.05) is 12.5 Å². The van der Waals surface area contributed by atoms with Crippen LogP contribution in [-0.4, -0.2) is 30.6 Å². The zero-order valence-electron chi connectivity index (χ0n) is 22.7. The third kappa shape index (κ3) is 4.47. The number of carbonyl (C=O) groups is 2. The summed E-state index contributed by atoms with van der Waals surface area (Å²) < 4.78 is 12.4. The van der Waals surface area contributed by atoms with Crippen LogP contribution in [0.15, 0.2) is 60.7 Å². The highest BCUT2D eigenvalue weighted by Crippen LogP contribution is 2.64. The van der Waals surface area contributed by atoms with Gasteiger partial charge in [0.1, 0.15) is 6.61 Å². The van der Waals surface area contributed by atoms with Crippen LogP contribution >= 0.6 is 0 Å². The molecular weight excluding hydrogens is 474 g/mol. The molecule has 3 aliphatic carbocycles. The monoisotopic (exact) mass is 515 g/mol. The van der Waals surface area contributed by atoms with E-state index in [0.29, 0.717) is 30.2 Å². The Balaban J connectivity index is 1.11. The molecule has 1 N–H and O–H groups in total. The largest absolute Gasteiger partial charge is 0.451 e. The number of fused-ring (bicyclic) bond motifs is 5. The minimum absolute atomic E-state index is 0.0109. The van der Waals surface area contributed by atoms with Gasteiger partial charge in [-0.1, -0.05) is 74.5 Å². The number of rotatable bonds is 6. The average molecular weight is 516 g/mol. The Hall–Kier alpha value is -2.66. The molecule has 202 valence electrons. The van der Waals surface area contributed by atoms with E-state index in [9.17, 15) is 9.59 Å². The van der Waals surface area contributed by atoms with Gasteiger partial charge in [-0.15, -0.1) is 0 Å². The van der Waals surface area contributed by atoms with Crippen molar-refractivity contribution >= 4 is 11.9 Å². The lowest BCUT2D eigenvalue weighted by molar-refractivity contribution is -0.162. The van der Waals surface area contributed by atoms with Crippen molar-refractivity contribution in [2.24, 2.45) is 28.6 Å². The first-order valence-electron chi connectivity index (χ1n) is 14.6. The normalized spacial score (nSPS) is 36.1. The zero-order chi connectivity index (χ0) is 26.3. The summed E-state index contributed by atoms with van der Waals surface area (Å²) in [7, 11) is 0. The summed E-state index contributed by atoms with van der Waals surface area (Å²) in [6, 6.07) is 20.2. The van der Waals surface area contributed by atoms with Crippen LogP contribution in [0.3, 0.4) is 0 Å². The Labute approximate surface area is 226 Å². The molecule has 0 aromatic heterocycles. The average Bonchev–Trinajstić information content (AvgIpc) is 3.28. The number of esters is 1. The van der Waals surface area contributed by atoms with Crippen molar-refractivity contribution in [3.05, 3.63) is 71.8 Å². The minimum atomic E-state index is -0.442. The molecule has 0 radical (unpaired) electrons. The molecule has 0 bridgehead atoms. The van der Waals surface area contributed by atoms with Gasteiger partial charge in [-0.05, 0) is 84.7 Å². The molecule has 3 saturated carbocycles. The van der Waals surface area contributed by atoms with Gasteiger partial charge in [0.15, 0.2) is 6.10 Å². The fourth-order valence-corrected chi connectivity index (χ4v) is 8.85. The fourth-order valence-electron chi connectivity index (χ4n) is 8.85. The first kappa shape index (κ1) is 25.6. The molecule has 1 saturated heterocycles. The van der Waals surface area contributed by atoms with Crippen molar-refractivity contribution in [3.8, 4) is 0 Å². The zero-order valence-corrected chi connectivity index (χ0v) is 22.7. The number of hydrogen-bond acceptors (Lipinski definition) is 4. The number of benzene rings is 2. The summed E-state index contributed by atoms with van der Waals surface area (Å²) in [5, 5.41) is 3.33. The Kier molecular flexibility index (Phi) is 6.84. The van der Waals surface area contributed by atoms with E-state index in [1.165, 1.54) is 19.3 Å². The second kappa shape index (κ2) is 10.1. The number of amides is 1. The Morgan fingerprint density at radius 2 is 1.53 bits per heavy atom. The highest BCUT2D eigenvalue weighted by Gasteiger charge is 2.60. The fraction of sp³-hybridized carbons (Fsp3) is 0.576. The van der Waals surface area contributed by atoms with E-state index in [4.69, 9.17) is 9.47 Å². The highest BCUT2D eigenvalue weighted by atomic mass is 16.6. The topological polar surface area (TPSA) is 64.6 Å². The van der Waals surface area contributed by atoms with Crippen LogP contribution in [0.2, 0.25) is 0 Å². The highest BCUT2D eigenvalue weighted by molar-refractivity contribution is 5.77. The molecule has 2 aromatic carbocycles. The van der Waals surface area contributed by atoms with E-state index in [2.05, 4.69) is 19.2 Å². The Morgan fingerprint density at radius 1 is 0.868 bits per heavy atom. The molecule has 1 amide bonds. The third-order valence-corrected chi connectivity index (χ3v) is 10.9. The van der Waals surface area contributed by atoms with Crippen LogP contribution < -0.4 is 5.32 Å². The summed E-state index contributed by atoms with van der Waals surface area (Å²) in [5.74, 6) is 1.90. The number of piperidine rings is 1. The molecule has 5 heteroatoms. The maximum absolute atomic E-state index is 13.1. The minimum Gasteiger partial charge on any atom is -0.451 e. The molecule has 1 heterocycles. The van der Waals surface area contributed by atoms with E-state index >= 15 is 0 Å². The van der Waals surface area contributed by atoms with Gasteiger partial charge in [-0.2, -0.15) is 0 Å². The van der Waals surface area contributed by atoms with Crippen LogP contribution in [0.25, 0.3) is 0 Å². The molecule has 6 rings (SSSR count). The van der Waals surface area contributed by atoms with Crippen LogP contribution in [0.5, 0.6) is 0 Å². The third-order valence-electron chi connectivity index (χ3n) is 10.9. The maximum Gasteiger partial charge on any atom is 0.333 e. The standard InChI is InChI=1S/C33H41NO4/c1-32-20-18-29(35)34-27(32)15-13-24-25-14-16-28(33(25,2)19-17-26(24)32)37-21-30(36)38-31(22-9-5-3-6-10-22)23-11-7-4-8-12-23/h3-12,24-28,31H,13-21H2,1-2H3,(H,34,35)/t24-,25-,26-,27+,28-,32+,33-/m0/s1. The van der Waals surface area contributed by atoms with Crippen molar-refractivity contribution in [3.63, 3.8) is 0 Å². The second-order valence-electron chi connectivity index (χ2n) is 12.7. The van der Waals surface area contributed by atoms with Crippen LogP contribution in [0, 0.1) is 28.6 Å². The summed E-state index contributed by atoms with van der Waals surface area (Å²) in [5.41, 5.74) is 2.23. The van der Waals surface area contributed by atoms with Crippen LogP contribution in [0.4, 0.5) is 0 Å². The van der Waals surface area contributed by atoms with Gasteiger partial charge >= 0.3 is 5.97 Å². The van der Waals surface area contributed by atoms with Gasteiger partial charge in [0.25, 0.3) is 0 Å². The molecule has 5 nitrogen and oxygen atoms in total. The predicted molar refractivity (Wildman–Crippen MR) is 146 cm³/mol. The van der Waals surface area contributed by atoms with Gasteiger partial charge in [0.05, 0.1) is 6.10 Å². The molecule has 0 unspecified atom stereocenters. The lowest BCUT2D eigenvalue weighted by Gasteiger charge is -2.60. The molecule has 7 atom stereocenters. The van der Waals surface area contributed by atoms with Crippen molar-refractivity contribution in [2.75, 3.05) is 6.61 Å². The van der Waals surface area contributed by atoms with E-state index in [1.807, 2.05) is 60.7 Å². The quantitative estimate of drug-likeness (QED) is 0.464. The second-order valence-corrected chi connectivity index (χ2v) is 12.7. The van der Waals surface area contributed by atoms with Crippen molar-refractivity contribution in [2.45, 2.75) is 83.5 Å². The van der Waals surface area contributed by atoms with E-state index < -0.39 is 6.10 Å². The molecular formula is C33H41NO4. The smallest absolute Gasteiger partial charge is 0.333 e. The van der Waals surface area contributed by atoms with Gasteiger partial charge < -0.3 is 14.8 Å². The number of hydrogen-bond donors (Lipinski definition) is 1. The van der Waals surface area contributed by atoms with Crippen molar-refractivity contribution in [1.29, 1.82) is 0 Å². The van der Waals surface area contributed by atoms with Gasteiger partial charge in [0.2, 0.25) is 5.91 Å². The number of ether oxygens (including phenoxy) is 2. The molecule has 4 fully saturated rings. The number of carbonyl (C=O) groups excluding carboxylic acids is 2. The SMILES string of the molecule is C[C@]12CCC(=O)N[C@@H]1CC[C@@H]1[C@@H]2CC[C@]2(C)[C@@H](OCC(=O)OC(c3ccccc3)c3ccccc3)CC[C@@H]12. The van der Waals surface area contributed by atoms with E-state index in [1.54, 1.807) is 0 Å². The predicted octanol–water partition coefficient (Wildman–Crippen LogP) is 6.23. The molecule has 2 aromatic rings. The maximum atomic E-state index is 13.1. The lowest BCUT2D eigenvalue weighted by Crippen LogP contribution is -2.61. The molecule has 0 spiro atoms. The molecule has 38 heavy (non-hydrogen) atoms. The van der Waals surface area contributed by atoms with Gasteiger partial charge in [-0.25, -0.2) is 4.79 Å². The van der Waals surface area contributed by atoms with Crippen LogP contribution in [0.1, 0.15) is 82.4 Å². The first-order valence-corrected chi connectivity index (χ1v) is 14.6. The van der Waals surface area contributed by atoms with Crippen molar-refractivity contribution in [1.82, 2.24) is 5.32 Å². The summed E-state index contributed by atoms with van der Waals surface area (Å²) in [4.78, 5) is 25.2. The number of nitrogens with one attached hydrogen (secondary N) is 1. The summed E-state index contributed by atoms with van der Waals surface area (Å²) in [6.45, 7) is 4.83. The molecule has 4 aliphatic rings. The summed E-state index contributed by atoms with van der Waals surface area (Å²) in [6.07, 6.45) is 8.11. The van der Waals surface area contributed by atoms with E-state index in [-0.39, 0.29) is 35.4 Å². The molecule has 1 aliphatic heterocycles. The van der Waals surface area contributed by atoms with Crippen LogP contribution in [-0.2, 0) is 19.1 Å². The lowest BCUT2D eigenvalue weighted by atomic mass is 9.47. The first-order chi connectivity index (χ1) is 18.4. The Morgan fingerprint density at radius 3 is 2.21 bits per heavy atom. The Bertz CT molecular complexity index is 1110. The van der Waals surface area contributed by atoms with E-state index in [0.717, 1.165) is 36.8 Å². The summed E-state index contributed by atoms with van der Waals surface area (Å²) >= 11 is 0.